The molecule has 0 radical (unpaired) electrons. The van der Waals surface area contributed by atoms with Crippen LogP contribution in [0.1, 0.15) is 51.4 Å². The summed E-state index contributed by atoms with van der Waals surface area (Å²) >= 11 is 1.67. The first-order valence-corrected chi connectivity index (χ1v) is 14.8. The number of aliphatic hydroxyl groups is 2. The topological polar surface area (TPSA) is 101 Å². The van der Waals surface area contributed by atoms with Crippen molar-refractivity contribution >= 4 is 17.7 Å². The predicted octanol–water partition coefficient (Wildman–Crippen LogP) is 5.44. The minimum absolute atomic E-state index is 0.00720. The standard InChI is InChI=1S/C33H34N2O5S/c36-15-16-41-22-30-18-31(26-8-6-23(21-37)7-9-26)40-33(39-30)27-12-10-25(11-13-27)28-4-1-3-24(17-28)19-35-32(38)29-5-2-14-34-20-29/h1-14,17,20,30-31,33,36-37H,15-16,18-19,21-22H2,(H,35,38)/t30-,31+,33+/m0/s1. The number of thioether (sulfide) groups is 1. The van der Waals surface area contributed by atoms with Crippen LogP contribution in [0.2, 0.25) is 0 Å². The molecule has 3 N–H and O–H groups in total. The van der Waals surface area contributed by atoms with E-state index in [1.807, 2.05) is 48.5 Å². The highest BCUT2D eigenvalue weighted by atomic mass is 32.2. The average molecular weight is 571 g/mol. The Labute approximate surface area is 244 Å². The summed E-state index contributed by atoms with van der Waals surface area (Å²) in [6.07, 6.45) is 3.23. The molecule has 0 unspecified atom stereocenters. The fourth-order valence-electron chi connectivity index (χ4n) is 4.78. The Morgan fingerprint density at radius 3 is 2.44 bits per heavy atom. The third-order valence-corrected chi connectivity index (χ3v) is 8.05. The van der Waals surface area contributed by atoms with E-state index in [4.69, 9.17) is 9.47 Å². The first-order chi connectivity index (χ1) is 20.1. The normalized spacial score (nSPS) is 18.6. The molecule has 1 aliphatic heterocycles. The van der Waals surface area contributed by atoms with E-state index in [0.29, 0.717) is 17.9 Å². The summed E-state index contributed by atoms with van der Waals surface area (Å²) in [7, 11) is 0. The third-order valence-electron chi connectivity index (χ3n) is 6.97. The number of ether oxygens (including phenoxy) is 2. The van der Waals surface area contributed by atoms with Gasteiger partial charge in [-0.3, -0.25) is 9.78 Å². The molecule has 0 spiro atoms. The molecule has 3 atom stereocenters. The van der Waals surface area contributed by atoms with Crippen molar-refractivity contribution in [3.8, 4) is 11.1 Å². The van der Waals surface area contributed by atoms with Crippen molar-refractivity contribution in [1.29, 1.82) is 0 Å². The van der Waals surface area contributed by atoms with Crippen LogP contribution in [0.25, 0.3) is 11.1 Å². The van der Waals surface area contributed by atoms with Gasteiger partial charge >= 0.3 is 0 Å². The maximum Gasteiger partial charge on any atom is 0.253 e. The number of carbonyl (C=O) groups excluding carboxylic acids is 1. The Hall–Kier alpha value is -3.53. The van der Waals surface area contributed by atoms with Crippen molar-refractivity contribution in [3.63, 3.8) is 0 Å². The number of hydrogen-bond donors (Lipinski definition) is 3. The Balaban J connectivity index is 1.27. The Morgan fingerprint density at radius 1 is 0.902 bits per heavy atom. The number of rotatable bonds is 11. The summed E-state index contributed by atoms with van der Waals surface area (Å²) < 4.78 is 12.8. The Morgan fingerprint density at radius 2 is 1.71 bits per heavy atom. The number of aliphatic hydroxyl groups excluding tert-OH is 2. The quantitative estimate of drug-likeness (QED) is 0.206. The van der Waals surface area contributed by atoms with Crippen molar-refractivity contribution in [1.82, 2.24) is 10.3 Å². The molecule has 212 valence electrons. The van der Waals surface area contributed by atoms with Crippen molar-refractivity contribution in [2.45, 2.75) is 38.1 Å². The van der Waals surface area contributed by atoms with E-state index in [9.17, 15) is 15.0 Å². The number of aromatic nitrogens is 1. The van der Waals surface area contributed by atoms with E-state index in [1.165, 1.54) is 0 Å². The number of nitrogens with zero attached hydrogens (tertiary/aromatic N) is 1. The first kappa shape index (κ1) is 29.0. The van der Waals surface area contributed by atoms with Crippen LogP contribution in [0.15, 0.2) is 97.3 Å². The van der Waals surface area contributed by atoms with Crippen LogP contribution in [0.4, 0.5) is 0 Å². The van der Waals surface area contributed by atoms with E-state index >= 15 is 0 Å². The molecule has 4 aromatic rings. The number of nitrogens with one attached hydrogen (secondary N) is 1. The summed E-state index contributed by atoms with van der Waals surface area (Å²) in [5.41, 5.74) is 6.49. The number of amides is 1. The van der Waals surface area contributed by atoms with Crippen LogP contribution in [-0.4, -0.2) is 45.3 Å². The molecule has 7 nitrogen and oxygen atoms in total. The van der Waals surface area contributed by atoms with Crippen molar-refractivity contribution in [2.24, 2.45) is 0 Å². The van der Waals surface area contributed by atoms with Gasteiger partial charge in [-0.05, 0) is 46.0 Å². The van der Waals surface area contributed by atoms with Gasteiger partial charge < -0.3 is 25.0 Å². The molecule has 8 heteroatoms. The molecule has 0 aliphatic carbocycles. The number of pyridine rings is 1. The lowest BCUT2D eigenvalue weighted by atomic mass is 9.99. The summed E-state index contributed by atoms with van der Waals surface area (Å²) in [6.45, 7) is 0.565. The van der Waals surface area contributed by atoms with Gasteiger partial charge in [-0.1, -0.05) is 66.7 Å². The van der Waals surface area contributed by atoms with Crippen LogP contribution in [0.5, 0.6) is 0 Å². The second kappa shape index (κ2) is 14.4. The van der Waals surface area contributed by atoms with E-state index in [1.54, 1.807) is 36.3 Å². The zero-order valence-corrected chi connectivity index (χ0v) is 23.5. The number of benzene rings is 3. The van der Waals surface area contributed by atoms with Gasteiger partial charge in [0.05, 0.1) is 31.0 Å². The third kappa shape index (κ3) is 7.81. The molecule has 1 aliphatic rings. The molecule has 1 saturated heterocycles. The lowest BCUT2D eigenvalue weighted by Gasteiger charge is -2.36. The van der Waals surface area contributed by atoms with E-state index in [-0.39, 0.29) is 31.3 Å². The summed E-state index contributed by atoms with van der Waals surface area (Å²) in [5, 5.41) is 21.6. The second-order valence-electron chi connectivity index (χ2n) is 9.90. The predicted molar refractivity (Wildman–Crippen MR) is 160 cm³/mol. The Bertz CT molecular complexity index is 1400. The molecule has 1 fully saturated rings. The molecule has 3 aromatic carbocycles. The van der Waals surface area contributed by atoms with Crippen molar-refractivity contribution in [2.75, 3.05) is 18.1 Å². The molecule has 1 amide bonds. The van der Waals surface area contributed by atoms with E-state index in [0.717, 1.165) is 45.6 Å². The van der Waals surface area contributed by atoms with Gasteiger partial charge in [-0.25, -0.2) is 0 Å². The monoisotopic (exact) mass is 570 g/mol. The van der Waals surface area contributed by atoms with Crippen molar-refractivity contribution < 1.29 is 24.5 Å². The van der Waals surface area contributed by atoms with E-state index < -0.39 is 6.29 Å². The smallest absolute Gasteiger partial charge is 0.253 e. The highest BCUT2D eigenvalue weighted by Crippen LogP contribution is 2.39. The zero-order chi connectivity index (χ0) is 28.4. The van der Waals surface area contributed by atoms with Gasteiger partial charge in [0.15, 0.2) is 6.29 Å². The highest BCUT2D eigenvalue weighted by molar-refractivity contribution is 7.99. The molecular formula is C33H34N2O5S. The van der Waals surface area contributed by atoms with Gasteiger partial charge in [0.2, 0.25) is 0 Å². The SMILES string of the molecule is O=C(NCc1cccc(-c2ccc([C@@H]3O[C@H](CSCCO)C[C@H](c4ccc(CO)cc4)O3)cc2)c1)c1cccnc1. The molecule has 0 bridgehead atoms. The minimum Gasteiger partial charge on any atom is -0.396 e. The van der Waals surface area contributed by atoms with Gasteiger partial charge in [0, 0.05) is 42.4 Å². The summed E-state index contributed by atoms with van der Waals surface area (Å²) in [5.74, 6) is 1.28. The largest absolute Gasteiger partial charge is 0.396 e. The zero-order valence-electron chi connectivity index (χ0n) is 22.7. The highest BCUT2D eigenvalue weighted by Gasteiger charge is 2.32. The van der Waals surface area contributed by atoms with Gasteiger partial charge in [0.25, 0.3) is 5.91 Å². The second-order valence-corrected chi connectivity index (χ2v) is 11.0. The van der Waals surface area contributed by atoms with Gasteiger partial charge in [-0.2, -0.15) is 11.8 Å². The maximum atomic E-state index is 12.4. The van der Waals surface area contributed by atoms with Gasteiger partial charge in [0.1, 0.15) is 0 Å². The van der Waals surface area contributed by atoms with Crippen LogP contribution in [0, 0.1) is 0 Å². The molecule has 5 rings (SSSR count). The molecule has 41 heavy (non-hydrogen) atoms. The molecule has 2 heterocycles. The van der Waals surface area contributed by atoms with Crippen LogP contribution >= 0.6 is 11.8 Å². The fourth-order valence-corrected chi connectivity index (χ4v) is 5.55. The fraction of sp³-hybridized carbons (Fsp3) is 0.273. The molecule has 1 aromatic heterocycles. The first-order valence-electron chi connectivity index (χ1n) is 13.7. The number of carbonyl (C=O) groups is 1. The summed E-state index contributed by atoms with van der Waals surface area (Å²) in [4.78, 5) is 16.4. The molecule has 0 saturated carbocycles. The number of hydrogen-bond acceptors (Lipinski definition) is 7. The van der Waals surface area contributed by atoms with Crippen LogP contribution in [0.3, 0.4) is 0 Å². The van der Waals surface area contributed by atoms with Crippen LogP contribution < -0.4 is 5.32 Å². The average Bonchev–Trinajstić information content (AvgIpc) is 3.04. The van der Waals surface area contributed by atoms with Crippen molar-refractivity contribution in [3.05, 3.63) is 125 Å². The lowest BCUT2D eigenvalue weighted by Crippen LogP contribution is -2.31. The van der Waals surface area contributed by atoms with E-state index in [2.05, 4.69) is 34.6 Å². The molecular weight excluding hydrogens is 536 g/mol. The Kier molecular flexibility index (Phi) is 10.2. The lowest BCUT2D eigenvalue weighted by molar-refractivity contribution is -0.245. The van der Waals surface area contributed by atoms with Crippen LogP contribution in [-0.2, 0) is 22.6 Å². The van der Waals surface area contributed by atoms with Gasteiger partial charge in [-0.15, -0.1) is 0 Å². The maximum absolute atomic E-state index is 12.4. The minimum atomic E-state index is -0.519. The summed E-state index contributed by atoms with van der Waals surface area (Å²) in [6, 6.07) is 27.6.